The van der Waals surface area contributed by atoms with E-state index in [0.29, 0.717) is 13.1 Å². The number of amides is 1. The second kappa shape index (κ2) is 5.09. The highest BCUT2D eigenvalue weighted by molar-refractivity contribution is 5.69. The SMILES string of the molecule is COC(=O)N1Cc2ccc(N3CCOCC3)cc2C1. The predicted molar refractivity (Wildman–Crippen MR) is 71.1 cm³/mol. The maximum atomic E-state index is 11.5. The summed E-state index contributed by atoms with van der Waals surface area (Å²) in [4.78, 5) is 15.6. The van der Waals surface area contributed by atoms with Gasteiger partial charge in [-0.2, -0.15) is 0 Å². The lowest BCUT2D eigenvalue weighted by Gasteiger charge is -2.29. The average molecular weight is 262 g/mol. The summed E-state index contributed by atoms with van der Waals surface area (Å²) in [5.41, 5.74) is 3.64. The molecule has 0 unspecified atom stereocenters. The van der Waals surface area contributed by atoms with Gasteiger partial charge in [0.05, 0.1) is 20.3 Å². The van der Waals surface area contributed by atoms with Crippen LogP contribution in [0.15, 0.2) is 18.2 Å². The fraction of sp³-hybridized carbons (Fsp3) is 0.500. The Morgan fingerprint density at radius 3 is 2.68 bits per heavy atom. The molecule has 0 radical (unpaired) electrons. The minimum atomic E-state index is -0.260. The predicted octanol–water partition coefficient (Wildman–Crippen LogP) is 1.61. The van der Waals surface area contributed by atoms with Crippen LogP contribution in [0.3, 0.4) is 0 Å². The van der Waals surface area contributed by atoms with Crippen LogP contribution in [0.1, 0.15) is 11.1 Å². The van der Waals surface area contributed by atoms with E-state index in [2.05, 4.69) is 23.1 Å². The highest BCUT2D eigenvalue weighted by Gasteiger charge is 2.24. The van der Waals surface area contributed by atoms with E-state index in [1.165, 1.54) is 23.9 Å². The number of carbonyl (C=O) groups excluding carboxylic acids is 1. The van der Waals surface area contributed by atoms with Gasteiger partial charge in [0.25, 0.3) is 0 Å². The van der Waals surface area contributed by atoms with Crippen molar-refractivity contribution in [2.24, 2.45) is 0 Å². The lowest BCUT2D eigenvalue weighted by molar-refractivity contribution is 0.122. The third-order valence-electron chi connectivity index (χ3n) is 3.72. The van der Waals surface area contributed by atoms with Gasteiger partial charge in [0.15, 0.2) is 0 Å². The standard InChI is InChI=1S/C14H18N2O3/c1-18-14(17)16-9-11-2-3-13(8-12(11)10-16)15-4-6-19-7-5-15/h2-3,8H,4-7,9-10H2,1H3. The van der Waals surface area contributed by atoms with E-state index in [9.17, 15) is 4.79 Å². The zero-order valence-corrected chi connectivity index (χ0v) is 11.1. The normalized spacial score (nSPS) is 18.4. The van der Waals surface area contributed by atoms with Crippen molar-refractivity contribution in [3.8, 4) is 0 Å². The van der Waals surface area contributed by atoms with E-state index in [-0.39, 0.29) is 6.09 Å². The first kappa shape index (κ1) is 12.3. The van der Waals surface area contributed by atoms with E-state index in [0.717, 1.165) is 26.3 Å². The van der Waals surface area contributed by atoms with Gasteiger partial charge in [-0.1, -0.05) is 6.07 Å². The molecule has 2 aliphatic rings. The quantitative estimate of drug-likeness (QED) is 0.771. The maximum Gasteiger partial charge on any atom is 0.410 e. The van der Waals surface area contributed by atoms with Crippen molar-refractivity contribution in [3.63, 3.8) is 0 Å². The van der Waals surface area contributed by atoms with E-state index in [1.807, 2.05) is 0 Å². The summed E-state index contributed by atoms with van der Waals surface area (Å²) in [5, 5.41) is 0. The van der Waals surface area contributed by atoms with Gasteiger partial charge < -0.3 is 14.4 Å². The first-order valence-electron chi connectivity index (χ1n) is 6.55. The molecular weight excluding hydrogens is 244 g/mol. The molecule has 3 rings (SSSR count). The van der Waals surface area contributed by atoms with Gasteiger partial charge in [-0.15, -0.1) is 0 Å². The van der Waals surface area contributed by atoms with Gasteiger partial charge in [-0.25, -0.2) is 4.79 Å². The number of rotatable bonds is 1. The monoisotopic (exact) mass is 262 g/mol. The molecule has 2 heterocycles. The van der Waals surface area contributed by atoms with Gasteiger partial charge in [0.1, 0.15) is 0 Å². The van der Waals surface area contributed by atoms with Crippen LogP contribution in [0.25, 0.3) is 0 Å². The Bertz CT molecular complexity index is 484. The zero-order chi connectivity index (χ0) is 13.2. The Balaban J connectivity index is 1.77. The number of nitrogens with zero attached hydrogens (tertiary/aromatic N) is 2. The number of benzene rings is 1. The molecule has 1 fully saturated rings. The van der Waals surface area contributed by atoms with Crippen LogP contribution in [0.2, 0.25) is 0 Å². The highest BCUT2D eigenvalue weighted by Crippen LogP contribution is 2.28. The summed E-state index contributed by atoms with van der Waals surface area (Å²) in [6.45, 7) is 4.71. The summed E-state index contributed by atoms with van der Waals surface area (Å²) in [6, 6.07) is 6.43. The minimum absolute atomic E-state index is 0.260. The molecule has 0 N–H and O–H groups in total. The molecule has 0 aliphatic carbocycles. The fourth-order valence-corrected chi connectivity index (χ4v) is 2.66. The number of hydrogen-bond donors (Lipinski definition) is 0. The van der Waals surface area contributed by atoms with Gasteiger partial charge in [-0.05, 0) is 23.3 Å². The van der Waals surface area contributed by atoms with Crippen molar-refractivity contribution in [2.45, 2.75) is 13.1 Å². The van der Waals surface area contributed by atoms with Crippen molar-refractivity contribution in [1.82, 2.24) is 4.90 Å². The molecule has 0 aromatic heterocycles. The molecule has 0 atom stereocenters. The number of anilines is 1. The van der Waals surface area contributed by atoms with E-state index >= 15 is 0 Å². The van der Waals surface area contributed by atoms with Crippen LogP contribution in [0.5, 0.6) is 0 Å². The van der Waals surface area contributed by atoms with Crippen LogP contribution in [-0.4, -0.2) is 44.4 Å². The number of fused-ring (bicyclic) bond motifs is 1. The van der Waals surface area contributed by atoms with Crippen molar-refractivity contribution in [3.05, 3.63) is 29.3 Å². The van der Waals surface area contributed by atoms with Crippen molar-refractivity contribution in [1.29, 1.82) is 0 Å². The number of ether oxygens (including phenoxy) is 2. The van der Waals surface area contributed by atoms with E-state index in [1.54, 1.807) is 4.90 Å². The van der Waals surface area contributed by atoms with Crippen molar-refractivity contribution < 1.29 is 14.3 Å². The molecular formula is C14H18N2O3. The first-order chi connectivity index (χ1) is 9.28. The summed E-state index contributed by atoms with van der Waals surface area (Å²) in [5.74, 6) is 0. The Kier molecular flexibility index (Phi) is 3.29. The number of hydrogen-bond acceptors (Lipinski definition) is 4. The largest absolute Gasteiger partial charge is 0.453 e. The number of methoxy groups -OCH3 is 1. The van der Waals surface area contributed by atoms with Crippen LogP contribution in [0.4, 0.5) is 10.5 Å². The molecule has 1 aromatic carbocycles. The Morgan fingerprint density at radius 1 is 1.21 bits per heavy atom. The minimum Gasteiger partial charge on any atom is -0.453 e. The molecule has 5 nitrogen and oxygen atoms in total. The molecule has 0 bridgehead atoms. The van der Waals surface area contributed by atoms with Crippen LogP contribution >= 0.6 is 0 Å². The molecule has 1 aromatic rings. The van der Waals surface area contributed by atoms with E-state index < -0.39 is 0 Å². The van der Waals surface area contributed by atoms with Gasteiger partial charge >= 0.3 is 6.09 Å². The van der Waals surface area contributed by atoms with Crippen molar-refractivity contribution in [2.75, 3.05) is 38.3 Å². The highest BCUT2D eigenvalue weighted by atomic mass is 16.5. The van der Waals surface area contributed by atoms with Crippen LogP contribution < -0.4 is 4.90 Å². The molecule has 1 saturated heterocycles. The van der Waals surface area contributed by atoms with Crippen molar-refractivity contribution >= 4 is 11.8 Å². The maximum absolute atomic E-state index is 11.5. The number of carbonyl (C=O) groups is 1. The average Bonchev–Trinajstić information content (AvgIpc) is 2.90. The van der Waals surface area contributed by atoms with Crippen LogP contribution in [0, 0.1) is 0 Å². The molecule has 0 spiro atoms. The fourth-order valence-electron chi connectivity index (χ4n) is 2.66. The Morgan fingerprint density at radius 2 is 1.95 bits per heavy atom. The lowest BCUT2D eigenvalue weighted by Crippen LogP contribution is -2.36. The zero-order valence-electron chi connectivity index (χ0n) is 11.1. The molecule has 102 valence electrons. The second-order valence-electron chi connectivity index (χ2n) is 4.88. The summed E-state index contributed by atoms with van der Waals surface area (Å²) in [6.07, 6.45) is -0.260. The summed E-state index contributed by atoms with van der Waals surface area (Å²) in [7, 11) is 1.42. The molecule has 19 heavy (non-hydrogen) atoms. The number of morpholine rings is 1. The molecule has 2 aliphatic heterocycles. The topological polar surface area (TPSA) is 42.0 Å². The Labute approximate surface area is 112 Å². The van der Waals surface area contributed by atoms with E-state index in [4.69, 9.17) is 9.47 Å². The van der Waals surface area contributed by atoms with Gasteiger partial charge in [-0.3, -0.25) is 4.90 Å². The Hall–Kier alpha value is -1.75. The smallest absolute Gasteiger partial charge is 0.410 e. The molecule has 0 saturated carbocycles. The molecule has 5 heteroatoms. The van der Waals surface area contributed by atoms with Crippen LogP contribution in [-0.2, 0) is 22.6 Å². The second-order valence-corrected chi connectivity index (χ2v) is 4.88. The van der Waals surface area contributed by atoms with Gasteiger partial charge in [0.2, 0.25) is 0 Å². The van der Waals surface area contributed by atoms with Gasteiger partial charge in [0, 0.05) is 31.9 Å². The summed E-state index contributed by atoms with van der Waals surface area (Å²) < 4.78 is 10.1. The summed E-state index contributed by atoms with van der Waals surface area (Å²) >= 11 is 0. The lowest BCUT2D eigenvalue weighted by atomic mass is 10.1. The third kappa shape index (κ3) is 2.38. The molecule has 1 amide bonds. The first-order valence-corrected chi connectivity index (χ1v) is 6.55. The third-order valence-corrected chi connectivity index (χ3v) is 3.72.